The lowest BCUT2D eigenvalue weighted by Crippen LogP contribution is -2.05. The van der Waals surface area contributed by atoms with Gasteiger partial charge in [0.25, 0.3) is 0 Å². The monoisotopic (exact) mass is 715 g/mol. The van der Waals surface area contributed by atoms with E-state index in [0.29, 0.717) is 24.0 Å². The molecule has 0 atom stereocenters. The number of ether oxygens (including phenoxy) is 3. The van der Waals surface area contributed by atoms with E-state index in [4.69, 9.17) is 14.2 Å². The zero-order valence-corrected chi connectivity index (χ0v) is 22.7. The number of esters is 1. The molecule has 32 heavy (non-hydrogen) atoms. The van der Waals surface area contributed by atoms with Gasteiger partial charge in [-0.15, -0.1) is 0 Å². The molecule has 0 amide bonds. The average Bonchev–Trinajstić information content (AvgIpc) is 3.13. The number of carbonyl (C=O) groups is 1. The second-order valence-corrected chi connectivity index (χ2v) is 10.1. The van der Waals surface area contributed by atoms with Gasteiger partial charge in [0.15, 0.2) is 17.2 Å². The van der Waals surface area contributed by atoms with Crippen LogP contribution in [0.5, 0.6) is 11.5 Å². The molecule has 162 valence electrons. The summed E-state index contributed by atoms with van der Waals surface area (Å²) in [5.74, 6) is 1.04. The molecule has 5 nitrogen and oxygen atoms in total. The predicted octanol–water partition coefficient (Wildman–Crippen LogP) is 6.59. The number of hydrogen-bond donors (Lipinski definition) is 0. The molecule has 0 saturated carbocycles. The number of nitrogens with zero attached hydrogens (tertiary/aromatic N) is 1. The topological polar surface area (TPSA) is 57.1 Å². The van der Waals surface area contributed by atoms with Crippen LogP contribution < -0.4 is 9.47 Å². The van der Waals surface area contributed by atoms with E-state index in [0.717, 1.165) is 28.3 Å². The van der Waals surface area contributed by atoms with Gasteiger partial charge in [-0.25, -0.2) is 9.79 Å². The Labute approximate surface area is 221 Å². The predicted molar refractivity (Wildman–Crippen MR) is 144 cm³/mol. The summed E-state index contributed by atoms with van der Waals surface area (Å²) in [5.41, 5.74) is 2.79. The summed E-state index contributed by atoms with van der Waals surface area (Å²) in [6.45, 7) is 0.405. The van der Waals surface area contributed by atoms with Crippen molar-refractivity contribution >= 4 is 79.1 Å². The van der Waals surface area contributed by atoms with E-state index >= 15 is 0 Å². The van der Waals surface area contributed by atoms with Crippen LogP contribution in [0.4, 0.5) is 0 Å². The molecule has 4 rings (SSSR count). The lowest BCUT2D eigenvalue weighted by Gasteiger charge is -2.14. The number of rotatable bonds is 6. The number of halogens is 3. The standard InChI is InChI=1S/C24H16BrI2NO4/c1-30-21-12-15(10-19(27)22(21)31-13-14-3-2-4-17(25)9-14)11-20-24(29)32-23(28-20)16-5-7-18(26)8-6-16/h2-12H,13H2,1H3/b20-11-. The van der Waals surface area contributed by atoms with Gasteiger partial charge in [-0.3, -0.25) is 0 Å². The van der Waals surface area contributed by atoms with Crippen LogP contribution in [0.1, 0.15) is 16.7 Å². The first kappa shape index (κ1) is 23.2. The molecule has 0 aromatic heterocycles. The van der Waals surface area contributed by atoms with Gasteiger partial charge in [0.05, 0.1) is 10.7 Å². The average molecular weight is 716 g/mol. The lowest BCUT2D eigenvalue weighted by atomic mass is 10.1. The number of aliphatic imine (C=N–C) groups is 1. The second-order valence-electron chi connectivity index (χ2n) is 6.80. The fraction of sp³-hybridized carbons (Fsp3) is 0.0833. The zero-order chi connectivity index (χ0) is 22.7. The highest BCUT2D eigenvalue weighted by Crippen LogP contribution is 2.35. The third-order valence-corrected chi connectivity index (χ3v) is 6.55. The van der Waals surface area contributed by atoms with Gasteiger partial charge in [0, 0.05) is 13.6 Å². The van der Waals surface area contributed by atoms with Gasteiger partial charge in [-0.1, -0.05) is 28.1 Å². The first-order valence-electron chi connectivity index (χ1n) is 9.46. The Balaban J connectivity index is 1.59. The van der Waals surface area contributed by atoms with E-state index in [-0.39, 0.29) is 5.70 Å². The number of hydrogen-bond acceptors (Lipinski definition) is 5. The summed E-state index contributed by atoms with van der Waals surface area (Å²) in [5, 5.41) is 0. The van der Waals surface area contributed by atoms with Crippen LogP contribution in [0.25, 0.3) is 6.08 Å². The molecule has 0 radical (unpaired) electrons. The maximum atomic E-state index is 12.4. The number of benzene rings is 3. The number of carbonyl (C=O) groups excluding carboxylic acids is 1. The molecule has 0 saturated heterocycles. The first-order chi connectivity index (χ1) is 15.4. The van der Waals surface area contributed by atoms with Gasteiger partial charge in [-0.2, -0.15) is 0 Å². The third-order valence-electron chi connectivity index (χ3n) is 4.54. The zero-order valence-electron chi connectivity index (χ0n) is 16.8. The minimum Gasteiger partial charge on any atom is -0.493 e. The summed E-state index contributed by atoms with van der Waals surface area (Å²) >= 11 is 7.89. The highest BCUT2D eigenvalue weighted by Gasteiger charge is 2.24. The molecule has 0 bridgehead atoms. The van der Waals surface area contributed by atoms with Gasteiger partial charge in [-0.05, 0) is 111 Å². The third kappa shape index (κ3) is 5.52. The van der Waals surface area contributed by atoms with Crippen molar-refractivity contribution in [2.24, 2.45) is 4.99 Å². The van der Waals surface area contributed by atoms with Crippen molar-refractivity contribution in [3.63, 3.8) is 0 Å². The van der Waals surface area contributed by atoms with Crippen molar-refractivity contribution in [3.05, 3.63) is 94.7 Å². The molecular weight excluding hydrogens is 700 g/mol. The van der Waals surface area contributed by atoms with Crippen molar-refractivity contribution in [3.8, 4) is 11.5 Å². The lowest BCUT2D eigenvalue weighted by molar-refractivity contribution is -0.129. The van der Waals surface area contributed by atoms with Crippen molar-refractivity contribution < 1.29 is 19.0 Å². The van der Waals surface area contributed by atoms with Crippen molar-refractivity contribution in [2.75, 3.05) is 7.11 Å². The van der Waals surface area contributed by atoms with Crippen molar-refractivity contribution in [1.29, 1.82) is 0 Å². The quantitative estimate of drug-likeness (QED) is 0.164. The largest absolute Gasteiger partial charge is 0.493 e. The van der Waals surface area contributed by atoms with Crippen molar-refractivity contribution in [1.82, 2.24) is 0 Å². The molecule has 1 heterocycles. The number of methoxy groups -OCH3 is 1. The van der Waals surface area contributed by atoms with Gasteiger partial charge in [0.2, 0.25) is 5.90 Å². The van der Waals surface area contributed by atoms with Crippen LogP contribution in [-0.4, -0.2) is 19.0 Å². The second kappa shape index (κ2) is 10.3. The van der Waals surface area contributed by atoms with Gasteiger partial charge >= 0.3 is 5.97 Å². The molecule has 0 aliphatic carbocycles. The Kier molecular flexibility index (Phi) is 7.51. The SMILES string of the molecule is COc1cc(/C=C2\N=C(c3ccc(I)cc3)OC2=O)cc(I)c1OCc1cccc(Br)c1. The van der Waals surface area contributed by atoms with E-state index in [1.165, 1.54) is 0 Å². The van der Waals surface area contributed by atoms with Crippen LogP contribution in [0, 0.1) is 7.14 Å². The Hall–Kier alpha value is -1.92. The van der Waals surface area contributed by atoms with Crippen LogP contribution >= 0.6 is 61.1 Å². The highest BCUT2D eigenvalue weighted by atomic mass is 127. The smallest absolute Gasteiger partial charge is 0.363 e. The van der Waals surface area contributed by atoms with E-state index in [1.54, 1.807) is 13.2 Å². The van der Waals surface area contributed by atoms with Gasteiger partial charge < -0.3 is 14.2 Å². The molecule has 0 spiro atoms. The molecule has 1 aliphatic heterocycles. The van der Waals surface area contributed by atoms with Crippen LogP contribution in [0.2, 0.25) is 0 Å². The molecule has 0 fully saturated rings. The van der Waals surface area contributed by atoms with Crippen LogP contribution in [0.15, 0.2) is 75.8 Å². The molecule has 3 aromatic rings. The minimum atomic E-state index is -0.484. The maximum Gasteiger partial charge on any atom is 0.363 e. The first-order valence-corrected chi connectivity index (χ1v) is 12.4. The van der Waals surface area contributed by atoms with Gasteiger partial charge in [0.1, 0.15) is 6.61 Å². The highest BCUT2D eigenvalue weighted by molar-refractivity contribution is 14.1. The normalized spacial score (nSPS) is 14.3. The Morgan fingerprint density at radius 1 is 1.09 bits per heavy atom. The fourth-order valence-corrected chi connectivity index (χ4v) is 4.62. The van der Waals surface area contributed by atoms with Crippen LogP contribution in [0.3, 0.4) is 0 Å². The van der Waals surface area contributed by atoms with E-state index in [2.05, 4.69) is 66.1 Å². The summed E-state index contributed by atoms with van der Waals surface area (Å²) in [4.78, 5) is 16.7. The summed E-state index contributed by atoms with van der Waals surface area (Å²) < 4.78 is 19.9. The summed E-state index contributed by atoms with van der Waals surface area (Å²) in [7, 11) is 1.59. The Bertz CT molecular complexity index is 1240. The molecule has 8 heteroatoms. The Morgan fingerprint density at radius 2 is 1.88 bits per heavy atom. The summed E-state index contributed by atoms with van der Waals surface area (Å²) in [6, 6.07) is 19.3. The molecular formula is C24H16BrI2NO4. The van der Waals surface area contributed by atoms with E-state index in [9.17, 15) is 4.79 Å². The molecule has 3 aromatic carbocycles. The van der Waals surface area contributed by atoms with E-state index in [1.807, 2.05) is 60.7 Å². The minimum absolute atomic E-state index is 0.235. The van der Waals surface area contributed by atoms with Crippen LogP contribution in [-0.2, 0) is 16.1 Å². The maximum absolute atomic E-state index is 12.4. The summed E-state index contributed by atoms with van der Waals surface area (Å²) in [6.07, 6.45) is 1.69. The number of cyclic esters (lactones) is 1. The molecule has 0 unspecified atom stereocenters. The molecule has 0 N–H and O–H groups in total. The van der Waals surface area contributed by atoms with E-state index < -0.39 is 5.97 Å². The Morgan fingerprint density at radius 3 is 2.59 bits per heavy atom. The van der Waals surface area contributed by atoms with Crippen molar-refractivity contribution in [2.45, 2.75) is 6.61 Å². The fourth-order valence-electron chi connectivity index (χ4n) is 3.03. The molecule has 1 aliphatic rings.